The minimum absolute atomic E-state index is 0. The highest BCUT2D eigenvalue weighted by Crippen LogP contribution is 2.30. The standard InChI is InChI=1S/C22H24ClN5O3S.ClH/c1-2-15-3-6-19-20(13-15)32-22(25-19)27-11-9-26(10-12-27)8-7-24-21(29)17-14-16(28(30)31)4-5-18(17)23;/h3-6,13-14H,2,7-12H2,1H3,(H,24,29);1H. The van der Waals surface area contributed by atoms with Crippen molar-refractivity contribution >= 4 is 62.3 Å². The molecule has 0 atom stereocenters. The molecule has 1 aromatic heterocycles. The largest absolute Gasteiger partial charge is 0.351 e. The van der Waals surface area contributed by atoms with Gasteiger partial charge in [-0.2, -0.15) is 0 Å². The second-order valence-electron chi connectivity index (χ2n) is 7.66. The third-order valence-corrected chi connectivity index (χ3v) is 7.02. The van der Waals surface area contributed by atoms with E-state index in [9.17, 15) is 14.9 Å². The Balaban J connectivity index is 0.00000306. The molecule has 1 amide bonds. The van der Waals surface area contributed by atoms with Gasteiger partial charge in [-0.3, -0.25) is 19.8 Å². The first kappa shape index (κ1) is 25.2. The zero-order valence-corrected chi connectivity index (χ0v) is 20.5. The molecule has 1 N–H and O–H groups in total. The zero-order valence-electron chi connectivity index (χ0n) is 18.1. The van der Waals surface area contributed by atoms with Gasteiger partial charge in [-0.05, 0) is 30.2 Å². The van der Waals surface area contributed by atoms with E-state index in [4.69, 9.17) is 16.6 Å². The summed E-state index contributed by atoms with van der Waals surface area (Å²) < 4.78 is 1.23. The number of nitrogens with one attached hydrogen (secondary N) is 1. The van der Waals surface area contributed by atoms with Crippen molar-refractivity contribution < 1.29 is 9.72 Å². The van der Waals surface area contributed by atoms with Gasteiger partial charge in [0.15, 0.2) is 5.13 Å². The van der Waals surface area contributed by atoms with Crippen molar-refractivity contribution in [3.05, 3.63) is 62.7 Å². The molecule has 11 heteroatoms. The number of carbonyl (C=O) groups is 1. The number of nitro benzene ring substituents is 1. The molecule has 2 aromatic carbocycles. The molecule has 8 nitrogen and oxygen atoms in total. The highest BCUT2D eigenvalue weighted by Gasteiger charge is 2.20. The lowest BCUT2D eigenvalue weighted by Gasteiger charge is -2.34. The van der Waals surface area contributed by atoms with Crippen LogP contribution in [0.4, 0.5) is 10.8 Å². The summed E-state index contributed by atoms with van der Waals surface area (Å²) in [6.45, 7) is 6.82. The van der Waals surface area contributed by atoms with Crippen LogP contribution in [-0.2, 0) is 6.42 Å². The quantitative estimate of drug-likeness (QED) is 0.375. The molecule has 0 radical (unpaired) electrons. The fourth-order valence-corrected chi connectivity index (χ4v) is 4.98. The number of nitro groups is 1. The molecule has 0 saturated carbocycles. The van der Waals surface area contributed by atoms with Gasteiger partial charge in [0.05, 0.1) is 25.7 Å². The third-order valence-electron chi connectivity index (χ3n) is 5.61. The number of halogens is 2. The van der Waals surface area contributed by atoms with Crippen LogP contribution < -0.4 is 10.2 Å². The molecule has 0 spiro atoms. The number of aryl methyl sites for hydroxylation is 1. The van der Waals surface area contributed by atoms with E-state index in [1.165, 1.54) is 28.5 Å². The van der Waals surface area contributed by atoms with E-state index in [1.54, 1.807) is 11.3 Å². The number of amides is 1. The molecule has 2 heterocycles. The summed E-state index contributed by atoms with van der Waals surface area (Å²) in [6, 6.07) is 10.3. The number of anilines is 1. The first-order valence-electron chi connectivity index (χ1n) is 10.5. The van der Waals surface area contributed by atoms with Gasteiger partial charge in [0, 0.05) is 51.4 Å². The van der Waals surface area contributed by atoms with E-state index in [2.05, 4.69) is 40.2 Å². The minimum Gasteiger partial charge on any atom is -0.351 e. The Kier molecular flexibility index (Phi) is 8.47. The van der Waals surface area contributed by atoms with E-state index >= 15 is 0 Å². The Hall–Kier alpha value is -2.46. The van der Waals surface area contributed by atoms with Crippen molar-refractivity contribution in [1.82, 2.24) is 15.2 Å². The summed E-state index contributed by atoms with van der Waals surface area (Å²) in [5.74, 6) is -0.404. The predicted octanol–water partition coefficient (Wildman–Crippen LogP) is 4.39. The lowest BCUT2D eigenvalue weighted by molar-refractivity contribution is -0.384. The van der Waals surface area contributed by atoms with Gasteiger partial charge in [0.2, 0.25) is 0 Å². The molecule has 3 aromatic rings. The van der Waals surface area contributed by atoms with Crippen LogP contribution in [0.3, 0.4) is 0 Å². The average molecular weight is 510 g/mol. The summed E-state index contributed by atoms with van der Waals surface area (Å²) in [6.07, 6.45) is 1.02. The Morgan fingerprint density at radius 2 is 1.97 bits per heavy atom. The molecular weight excluding hydrogens is 485 g/mol. The topological polar surface area (TPSA) is 91.6 Å². The zero-order chi connectivity index (χ0) is 22.7. The number of rotatable bonds is 7. The fourth-order valence-electron chi connectivity index (χ4n) is 3.70. The van der Waals surface area contributed by atoms with Gasteiger partial charge >= 0.3 is 0 Å². The maximum absolute atomic E-state index is 12.4. The van der Waals surface area contributed by atoms with Crippen molar-refractivity contribution in [2.24, 2.45) is 0 Å². The molecule has 176 valence electrons. The molecule has 1 aliphatic rings. The molecule has 0 unspecified atom stereocenters. The van der Waals surface area contributed by atoms with E-state index in [-0.39, 0.29) is 28.7 Å². The fraction of sp³-hybridized carbons (Fsp3) is 0.364. The lowest BCUT2D eigenvalue weighted by atomic mass is 10.2. The van der Waals surface area contributed by atoms with Crippen LogP contribution in [0.15, 0.2) is 36.4 Å². The number of aromatic nitrogens is 1. The molecule has 0 aliphatic carbocycles. The van der Waals surface area contributed by atoms with Crippen molar-refractivity contribution in [1.29, 1.82) is 0 Å². The second kappa shape index (κ2) is 11.1. The normalized spacial score (nSPS) is 14.2. The average Bonchev–Trinajstić information content (AvgIpc) is 3.22. The van der Waals surface area contributed by atoms with Crippen LogP contribution in [0.5, 0.6) is 0 Å². The highest BCUT2D eigenvalue weighted by atomic mass is 35.5. The van der Waals surface area contributed by atoms with Crippen molar-refractivity contribution in [2.45, 2.75) is 13.3 Å². The number of non-ortho nitro benzene ring substituents is 1. The molecule has 1 saturated heterocycles. The summed E-state index contributed by atoms with van der Waals surface area (Å²) in [7, 11) is 0. The van der Waals surface area contributed by atoms with Crippen LogP contribution in [0.2, 0.25) is 5.02 Å². The van der Waals surface area contributed by atoms with Crippen LogP contribution in [0, 0.1) is 10.1 Å². The van der Waals surface area contributed by atoms with Gasteiger partial charge in [0.25, 0.3) is 11.6 Å². The van der Waals surface area contributed by atoms with Gasteiger partial charge in [0.1, 0.15) is 0 Å². The maximum Gasteiger partial charge on any atom is 0.270 e. The first-order chi connectivity index (χ1) is 15.4. The molecule has 4 rings (SSSR count). The number of carbonyl (C=O) groups excluding carboxylic acids is 1. The van der Waals surface area contributed by atoms with E-state index in [0.717, 1.165) is 43.2 Å². The van der Waals surface area contributed by atoms with Gasteiger partial charge in [-0.1, -0.05) is 35.9 Å². The Morgan fingerprint density at radius 3 is 2.67 bits per heavy atom. The maximum atomic E-state index is 12.4. The number of benzene rings is 2. The lowest BCUT2D eigenvalue weighted by Crippen LogP contribution is -2.48. The minimum atomic E-state index is -0.541. The molecule has 1 fully saturated rings. The Labute approximate surface area is 207 Å². The molecule has 33 heavy (non-hydrogen) atoms. The van der Waals surface area contributed by atoms with Crippen LogP contribution in [0.1, 0.15) is 22.8 Å². The van der Waals surface area contributed by atoms with Gasteiger partial charge in [-0.15, -0.1) is 12.4 Å². The number of hydrogen-bond acceptors (Lipinski definition) is 7. The van der Waals surface area contributed by atoms with E-state index in [1.807, 2.05) is 0 Å². The monoisotopic (exact) mass is 509 g/mol. The molecular formula is C22H25Cl2N5O3S. The molecule has 1 aliphatic heterocycles. The Morgan fingerprint density at radius 1 is 1.21 bits per heavy atom. The smallest absolute Gasteiger partial charge is 0.270 e. The Bertz CT molecular complexity index is 1150. The first-order valence-corrected chi connectivity index (χ1v) is 11.7. The molecule has 0 bridgehead atoms. The van der Waals surface area contributed by atoms with Gasteiger partial charge in [-0.25, -0.2) is 4.98 Å². The predicted molar refractivity (Wildman–Crippen MR) is 135 cm³/mol. The summed E-state index contributed by atoms with van der Waals surface area (Å²) in [4.78, 5) is 32.2. The van der Waals surface area contributed by atoms with E-state index in [0.29, 0.717) is 13.1 Å². The van der Waals surface area contributed by atoms with Crippen LogP contribution in [0.25, 0.3) is 10.2 Å². The van der Waals surface area contributed by atoms with E-state index < -0.39 is 10.8 Å². The van der Waals surface area contributed by atoms with Gasteiger partial charge < -0.3 is 10.2 Å². The SMILES string of the molecule is CCc1ccc2nc(N3CCN(CCNC(=O)c4cc([N+](=O)[O-])ccc4Cl)CC3)sc2c1.Cl. The summed E-state index contributed by atoms with van der Waals surface area (Å²) in [5.41, 5.74) is 2.34. The third kappa shape index (κ3) is 5.92. The summed E-state index contributed by atoms with van der Waals surface area (Å²) in [5, 5.41) is 15.0. The van der Waals surface area contributed by atoms with Crippen LogP contribution in [-0.4, -0.2) is 60.0 Å². The number of fused-ring (bicyclic) bond motifs is 1. The van der Waals surface area contributed by atoms with Crippen molar-refractivity contribution in [2.75, 3.05) is 44.2 Å². The van der Waals surface area contributed by atoms with Crippen molar-refractivity contribution in [3.63, 3.8) is 0 Å². The number of thiazole rings is 1. The summed E-state index contributed by atoms with van der Waals surface area (Å²) >= 11 is 7.78. The number of hydrogen-bond donors (Lipinski definition) is 1. The second-order valence-corrected chi connectivity index (χ2v) is 9.07. The highest BCUT2D eigenvalue weighted by molar-refractivity contribution is 7.22. The van der Waals surface area contributed by atoms with Crippen molar-refractivity contribution in [3.8, 4) is 0 Å². The van der Waals surface area contributed by atoms with Crippen LogP contribution >= 0.6 is 35.3 Å². The number of nitrogens with zero attached hydrogens (tertiary/aromatic N) is 4. The number of piperazine rings is 1.